The zero-order valence-corrected chi connectivity index (χ0v) is 12.6. The predicted molar refractivity (Wildman–Crippen MR) is 76.8 cm³/mol. The first-order valence-electron chi connectivity index (χ1n) is 6.06. The third-order valence-electron chi connectivity index (χ3n) is 2.83. The molecule has 0 saturated heterocycles. The maximum atomic E-state index is 11.5. The second kappa shape index (κ2) is 6.55. The van der Waals surface area contributed by atoms with Crippen molar-refractivity contribution in [3.63, 3.8) is 0 Å². The van der Waals surface area contributed by atoms with Crippen LogP contribution < -0.4 is 5.32 Å². The molecule has 3 nitrogen and oxygen atoms in total. The van der Waals surface area contributed by atoms with E-state index in [1.807, 2.05) is 38.1 Å². The number of halogens is 1. The highest BCUT2D eigenvalue weighted by molar-refractivity contribution is 7.91. The number of hydrogen-bond donors (Lipinski definition) is 1. The van der Waals surface area contributed by atoms with E-state index in [0.29, 0.717) is 5.02 Å². The third kappa shape index (κ3) is 4.96. The van der Waals surface area contributed by atoms with Gasteiger partial charge < -0.3 is 5.32 Å². The van der Waals surface area contributed by atoms with Gasteiger partial charge in [-0.05, 0) is 31.5 Å². The summed E-state index contributed by atoms with van der Waals surface area (Å²) in [7, 11) is -2.94. The second-order valence-corrected chi connectivity index (χ2v) is 7.38. The van der Waals surface area contributed by atoms with Crippen LogP contribution >= 0.6 is 11.6 Å². The summed E-state index contributed by atoms with van der Waals surface area (Å²) < 4.78 is 23.0. The molecule has 0 aliphatic carbocycles. The summed E-state index contributed by atoms with van der Waals surface area (Å²) in [6.45, 7) is 5.55. The Labute approximate surface area is 114 Å². The average Bonchev–Trinajstić information content (AvgIpc) is 2.28. The normalized spacial score (nSPS) is 15.3. The van der Waals surface area contributed by atoms with E-state index < -0.39 is 9.84 Å². The molecular weight excluding hydrogens is 270 g/mol. The van der Waals surface area contributed by atoms with Gasteiger partial charge in [0, 0.05) is 22.9 Å². The lowest BCUT2D eigenvalue weighted by molar-refractivity contribution is 0.500. The average molecular weight is 290 g/mol. The van der Waals surface area contributed by atoms with E-state index in [-0.39, 0.29) is 23.6 Å². The van der Waals surface area contributed by atoms with Gasteiger partial charge in [0.1, 0.15) is 0 Å². The number of nitrogens with one attached hydrogen (secondary N) is 1. The largest absolute Gasteiger partial charge is 0.307 e. The summed E-state index contributed by atoms with van der Waals surface area (Å²) in [5.41, 5.74) is 1.06. The van der Waals surface area contributed by atoms with Crippen molar-refractivity contribution in [2.24, 2.45) is 0 Å². The monoisotopic (exact) mass is 289 g/mol. The van der Waals surface area contributed by atoms with Crippen LogP contribution in [-0.2, 0) is 9.84 Å². The summed E-state index contributed by atoms with van der Waals surface area (Å²) in [6, 6.07) is 7.58. The van der Waals surface area contributed by atoms with E-state index in [9.17, 15) is 8.42 Å². The second-order valence-electron chi connectivity index (χ2n) is 4.54. The highest BCUT2D eigenvalue weighted by Crippen LogP contribution is 2.17. The molecule has 0 fully saturated rings. The summed E-state index contributed by atoms with van der Waals surface area (Å²) in [5, 5.41) is 3.97. The Kier molecular flexibility index (Phi) is 5.63. The molecule has 0 aliphatic heterocycles. The lowest BCUT2D eigenvalue weighted by Crippen LogP contribution is -2.35. The highest BCUT2D eigenvalue weighted by atomic mass is 35.5. The molecule has 0 aliphatic rings. The molecular formula is C13H20ClNO2S. The van der Waals surface area contributed by atoms with Gasteiger partial charge in [-0.1, -0.05) is 30.7 Å². The summed E-state index contributed by atoms with van der Waals surface area (Å²) in [6.07, 6.45) is 0. The number of rotatable bonds is 6. The fraction of sp³-hybridized carbons (Fsp3) is 0.538. The van der Waals surface area contributed by atoms with Gasteiger partial charge in [-0.15, -0.1) is 0 Å². The molecule has 0 saturated carbocycles. The molecule has 18 heavy (non-hydrogen) atoms. The first kappa shape index (κ1) is 15.5. The van der Waals surface area contributed by atoms with Crippen LogP contribution in [0.3, 0.4) is 0 Å². The minimum atomic E-state index is -2.94. The van der Waals surface area contributed by atoms with Crippen LogP contribution in [0.15, 0.2) is 24.3 Å². The van der Waals surface area contributed by atoms with Crippen LogP contribution in [-0.4, -0.2) is 26.0 Å². The molecule has 2 atom stereocenters. The van der Waals surface area contributed by atoms with Crippen molar-refractivity contribution in [1.82, 2.24) is 5.32 Å². The van der Waals surface area contributed by atoms with Gasteiger partial charge in [0.25, 0.3) is 0 Å². The van der Waals surface area contributed by atoms with Crippen LogP contribution in [0.5, 0.6) is 0 Å². The van der Waals surface area contributed by atoms with Crippen LogP contribution in [0.4, 0.5) is 0 Å². The lowest BCUT2D eigenvalue weighted by atomic mass is 10.1. The highest BCUT2D eigenvalue weighted by Gasteiger charge is 2.16. The molecule has 102 valence electrons. The summed E-state index contributed by atoms with van der Waals surface area (Å²) in [4.78, 5) is 0. The molecule has 1 rings (SSSR count). The van der Waals surface area contributed by atoms with Gasteiger partial charge in [-0.2, -0.15) is 0 Å². The van der Waals surface area contributed by atoms with Gasteiger partial charge in [0.05, 0.1) is 5.75 Å². The third-order valence-corrected chi connectivity index (χ3v) is 4.95. The van der Waals surface area contributed by atoms with Crippen LogP contribution in [0.1, 0.15) is 32.4 Å². The van der Waals surface area contributed by atoms with Gasteiger partial charge in [-0.3, -0.25) is 0 Å². The Hall–Kier alpha value is -0.580. The van der Waals surface area contributed by atoms with E-state index >= 15 is 0 Å². The fourth-order valence-corrected chi connectivity index (χ4v) is 3.14. The Morgan fingerprint density at radius 2 is 2.00 bits per heavy atom. The number of hydrogen-bond acceptors (Lipinski definition) is 3. The quantitative estimate of drug-likeness (QED) is 0.876. The van der Waals surface area contributed by atoms with Gasteiger partial charge >= 0.3 is 0 Å². The standard InChI is InChI=1S/C13H20ClNO2S/c1-4-18(16,17)9-10(2)15-11(3)12-6-5-7-13(14)8-12/h5-8,10-11,15H,4,9H2,1-3H3/t10?,11-/m1/s1. The predicted octanol–water partition coefficient (Wildman–Crippen LogP) is 2.81. The molecule has 0 aromatic heterocycles. The molecule has 1 unspecified atom stereocenters. The molecule has 0 radical (unpaired) electrons. The number of sulfone groups is 1. The SMILES string of the molecule is CCS(=O)(=O)CC(C)N[C@H](C)c1cccc(Cl)c1. The van der Waals surface area contributed by atoms with E-state index in [0.717, 1.165) is 5.56 Å². The Bertz CT molecular complexity index is 488. The maximum absolute atomic E-state index is 11.5. The van der Waals surface area contributed by atoms with Crippen LogP contribution in [0, 0.1) is 0 Å². The molecule has 1 N–H and O–H groups in total. The van der Waals surface area contributed by atoms with Crippen molar-refractivity contribution in [2.45, 2.75) is 32.9 Å². The first-order chi connectivity index (χ1) is 8.34. The van der Waals surface area contributed by atoms with Gasteiger partial charge in [-0.25, -0.2) is 8.42 Å². The fourth-order valence-electron chi connectivity index (χ4n) is 1.85. The van der Waals surface area contributed by atoms with Crippen LogP contribution in [0.25, 0.3) is 0 Å². The van der Waals surface area contributed by atoms with E-state index in [1.165, 1.54) is 0 Å². The van der Waals surface area contributed by atoms with Gasteiger partial charge in [0.15, 0.2) is 9.84 Å². The van der Waals surface area contributed by atoms with Crippen molar-refractivity contribution >= 4 is 21.4 Å². The Morgan fingerprint density at radius 1 is 1.33 bits per heavy atom. The molecule has 0 spiro atoms. The van der Waals surface area contributed by atoms with Crippen LogP contribution in [0.2, 0.25) is 5.02 Å². The Morgan fingerprint density at radius 3 is 2.56 bits per heavy atom. The smallest absolute Gasteiger partial charge is 0.151 e. The van der Waals surface area contributed by atoms with Gasteiger partial charge in [0.2, 0.25) is 0 Å². The minimum absolute atomic E-state index is 0.0748. The molecule has 0 amide bonds. The Balaban J connectivity index is 2.62. The topological polar surface area (TPSA) is 46.2 Å². The van der Waals surface area contributed by atoms with E-state index in [1.54, 1.807) is 6.92 Å². The molecule has 0 bridgehead atoms. The van der Waals surface area contributed by atoms with Crippen molar-refractivity contribution < 1.29 is 8.42 Å². The molecule has 1 aromatic rings. The van der Waals surface area contributed by atoms with Crippen molar-refractivity contribution in [1.29, 1.82) is 0 Å². The molecule has 0 heterocycles. The van der Waals surface area contributed by atoms with Crippen molar-refractivity contribution in [3.8, 4) is 0 Å². The minimum Gasteiger partial charge on any atom is -0.307 e. The summed E-state index contributed by atoms with van der Waals surface area (Å²) in [5.74, 6) is 0.346. The van der Waals surface area contributed by atoms with Crippen molar-refractivity contribution in [3.05, 3.63) is 34.9 Å². The van der Waals surface area contributed by atoms with Crippen molar-refractivity contribution in [2.75, 3.05) is 11.5 Å². The lowest BCUT2D eigenvalue weighted by Gasteiger charge is -2.20. The molecule has 1 aromatic carbocycles. The number of benzene rings is 1. The zero-order valence-electron chi connectivity index (χ0n) is 11.0. The van der Waals surface area contributed by atoms with E-state index in [4.69, 9.17) is 11.6 Å². The first-order valence-corrected chi connectivity index (χ1v) is 8.26. The summed E-state index contributed by atoms with van der Waals surface area (Å²) >= 11 is 5.93. The molecule has 5 heteroatoms. The maximum Gasteiger partial charge on any atom is 0.151 e. The van der Waals surface area contributed by atoms with E-state index in [2.05, 4.69) is 5.32 Å². The zero-order chi connectivity index (χ0) is 13.8.